The fourth-order valence-electron chi connectivity index (χ4n) is 1.29. The Labute approximate surface area is 86.1 Å². The molecule has 0 heterocycles. The molecule has 0 N–H and O–H groups in total. The summed E-state index contributed by atoms with van der Waals surface area (Å²) in [7, 11) is -1.61. The molecular weight excluding hydrogens is 202 g/mol. The Bertz CT molecular complexity index is 185. The third-order valence-electron chi connectivity index (χ3n) is 1.85. The van der Waals surface area contributed by atoms with Crippen LogP contribution in [0.1, 0.15) is 26.2 Å². The van der Waals surface area contributed by atoms with Crippen LogP contribution in [0.25, 0.3) is 0 Å². The predicted octanol–water partition coefficient (Wildman–Crippen LogP) is 3.32. The van der Waals surface area contributed by atoms with E-state index >= 15 is 0 Å². The van der Waals surface area contributed by atoms with E-state index in [4.69, 9.17) is 11.1 Å². The zero-order valence-electron chi connectivity index (χ0n) is 8.64. The summed E-state index contributed by atoms with van der Waals surface area (Å²) >= 11 is 6.19. The standard InChI is InChI=1S/C9H18ClNOSi/c1-4-5-6-9(11-8-12)7-13(2,3)10/h9H,4-7H2,1-3H3. The molecule has 0 bridgehead atoms. The number of rotatable bonds is 6. The van der Waals surface area contributed by atoms with Crippen molar-refractivity contribution in [1.82, 2.24) is 0 Å². The van der Waals surface area contributed by atoms with Crippen LogP contribution in [0.2, 0.25) is 19.1 Å². The maximum absolute atomic E-state index is 10.1. The number of aliphatic imine (C=N–C) groups is 1. The highest BCUT2D eigenvalue weighted by Gasteiger charge is 2.22. The molecule has 0 aromatic heterocycles. The smallest absolute Gasteiger partial charge is 0.211 e. The van der Waals surface area contributed by atoms with Crippen molar-refractivity contribution < 1.29 is 4.79 Å². The van der Waals surface area contributed by atoms with Crippen molar-refractivity contribution in [3.05, 3.63) is 0 Å². The van der Waals surface area contributed by atoms with E-state index < -0.39 is 7.38 Å². The second kappa shape index (κ2) is 6.36. The van der Waals surface area contributed by atoms with Gasteiger partial charge in [0.1, 0.15) is 0 Å². The fraction of sp³-hybridized carbons (Fsp3) is 0.889. The highest BCUT2D eigenvalue weighted by molar-refractivity contribution is 7.19. The molecule has 0 saturated heterocycles. The van der Waals surface area contributed by atoms with Gasteiger partial charge in [0.25, 0.3) is 0 Å². The van der Waals surface area contributed by atoms with Crippen LogP contribution in [-0.4, -0.2) is 19.5 Å². The molecule has 0 aromatic carbocycles. The summed E-state index contributed by atoms with van der Waals surface area (Å²) in [6.07, 6.45) is 4.85. The van der Waals surface area contributed by atoms with Gasteiger partial charge in [-0.25, -0.2) is 9.79 Å². The average molecular weight is 220 g/mol. The summed E-state index contributed by atoms with van der Waals surface area (Å²) in [5.74, 6) is 0. The minimum Gasteiger partial charge on any atom is -0.211 e. The van der Waals surface area contributed by atoms with Gasteiger partial charge in [0.15, 0.2) is 7.38 Å². The van der Waals surface area contributed by atoms with Crippen molar-refractivity contribution in [2.24, 2.45) is 4.99 Å². The van der Waals surface area contributed by atoms with E-state index in [1.165, 1.54) is 0 Å². The highest BCUT2D eigenvalue weighted by atomic mass is 35.6. The lowest BCUT2D eigenvalue weighted by Crippen LogP contribution is -2.23. The van der Waals surface area contributed by atoms with E-state index in [9.17, 15) is 4.79 Å². The van der Waals surface area contributed by atoms with Crippen molar-refractivity contribution in [2.45, 2.75) is 51.4 Å². The van der Waals surface area contributed by atoms with Crippen molar-refractivity contribution in [3.8, 4) is 0 Å². The minimum absolute atomic E-state index is 0.108. The molecular formula is C9H18ClNOSi. The summed E-state index contributed by atoms with van der Waals surface area (Å²) < 4.78 is 0. The number of carbonyl (C=O) groups excluding carboxylic acids is 1. The molecule has 0 spiro atoms. The van der Waals surface area contributed by atoms with Crippen molar-refractivity contribution in [3.63, 3.8) is 0 Å². The summed E-state index contributed by atoms with van der Waals surface area (Å²) in [4.78, 5) is 13.9. The second-order valence-corrected chi connectivity index (χ2v) is 10.9. The number of unbranched alkanes of at least 4 members (excludes halogenated alkanes) is 1. The molecule has 0 aliphatic carbocycles. The van der Waals surface area contributed by atoms with E-state index in [1.807, 2.05) is 0 Å². The Kier molecular flexibility index (Phi) is 6.30. The van der Waals surface area contributed by atoms with Gasteiger partial charge in [0.2, 0.25) is 6.08 Å². The second-order valence-electron chi connectivity index (χ2n) is 3.94. The van der Waals surface area contributed by atoms with E-state index in [0.29, 0.717) is 0 Å². The zero-order valence-corrected chi connectivity index (χ0v) is 10.4. The molecule has 0 fully saturated rings. The molecule has 0 amide bonds. The molecule has 0 aliphatic heterocycles. The monoisotopic (exact) mass is 219 g/mol. The van der Waals surface area contributed by atoms with Crippen LogP contribution in [-0.2, 0) is 4.79 Å². The van der Waals surface area contributed by atoms with Gasteiger partial charge in [-0.05, 0) is 12.5 Å². The number of halogens is 1. The fourth-order valence-corrected chi connectivity index (χ4v) is 3.24. The van der Waals surface area contributed by atoms with Gasteiger partial charge in [-0.15, -0.1) is 0 Å². The first-order valence-electron chi connectivity index (χ1n) is 4.75. The zero-order chi connectivity index (χ0) is 10.3. The molecule has 4 heteroatoms. The molecule has 13 heavy (non-hydrogen) atoms. The van der Waals surface area contributed by atoms with Gasteiger partial charge in [-0.2, -0.15) is 11.1 Å². The van der Waals surface area contributed by atoms with E-state index in [2.05, 4.69) is 25.0 Å². The molecule has 0 aliphatic rings. The molecule has 1 unspecified atom stereocenters. The summed E-state index contributed by atoms with van der Waals surface area (Å²) in [6.45, 7) is 6.28. The topological polar surface area (TPSA) is 29.4 Å². The Hall–Kier alpha value is -0.113. The largest absolute Gasteiger partial charge is 0.235 e. The Morgan fingerprint density at radius 3 is 2.54 bits per heavy atom. The Morgan fingerprint density at radius 1 is 1.54 bits per heavy atom. The van der Waals surface area contributed by atoms with E-state index in [1.54, 1.807) is 6.08 Å². The van der Waals surface area contributed by atoms with Crippen LogP contribution < -0.4 is 0 Å². The SMILES string of the molecule is CCCCC(C[Si](C)(C)Cl)N=C=O. The van der Waals surface area contributed by atoms with Crippen molar-refractivity contribution >= 4 is 24.5 Å². The molecule has 0 radical (unpaired) electrons. The molecule has 0 saturated carbocycles. The van der Waals surface area contributed by atoms with Gasteiger partial charge in [-0.1, -0.05) is 32.9 Å². The maximum atomic E-state index is 10.1. The molecule has 1 atom stereocenters. The van der Waals surface area contributed by atoms with Gasteiger partial charge >= 0.3 is 0 Å². The highest BCUT2D eigenvalue weighted by Crippen LogP contribution is 2.21. The van der Waals surface area contributed by atoms with Gasteiger partial charge in [0.05, 0.1) is 6.04 Å². The summed E-state index contributed by atoms with van der Waals surface area (Å²) in [5, 5.41) is 0. The van der Waals surface area contributed by atoms with Crippen LogP contribution in [0.4, 0.5) is 0 Å². The lowest BCUT2D eigenvalue weighted by atomic mass is 10.1. The quantitative estimate of drug-likeness (QED) is 0.292. The van der Waals surface area contributed by atoms with E-state index in [0.717, 1.165) is 25.3 Å². The molecule has 0 rings (SSSR count). The Morgan fingerprint density at radius 2 is 2.15 bits per heavy atom. The summed E-state index contributed by atoms with van der Waals surface area (Å²) in [6, 6.07) is 0.987. The minimum atomic E-state index is -1.61. The average Bonchev–Trinajstić information content (AvgIpc) is 1.98. The predicted molar refractivity (Wildman–Crippen MR) is 59.6 cm³/mol. The number of hydrogen-bond acceptors (Lipinski definition) is 2. The third kappa shape index (κ3) is 8.22. The van der Waals surface area contributed by atoms with Crippen LogP contribution in [0.5, 0.6) is 0 Å². The maximum Gasteiger partial charge on any atom is 0.235 e. The molecule has 76 valence electrons. The van der Waals surface area contributed by atoms with Gasteiger partial charge in [0, 0.05) is 0 Å². The molecule has 2 nitrogen and oxygen atoms in total. The van der Waals surface area contributed by atoms with Crippen molar-refractivity contribution in [1.29, 1.82) is 0 Å². The lowest BCUT2D eigenvalue weighted by molar-refractivity contribution is 0.550. The number of isocyanates is 1. The third-order valence-corrected chi connectivity index (χ3v) is 3.75. The number of hydrogen-bond donors (Lipinski definition) is 0. The number of nitrogens with zero attached hydrogens (tertiary/aromatic N) is 1. The van der Waals surface area contributed by atoms with Crippen LogP contribution in [0.3, 0.4) is 0 Å². The molecule has 0 aromatic rings. The first-order chi connectivity index (χ1) is 5.99. The normalized spacial score (nSPS) is 13.5. The Balaban J connectivity index is 4.02. The first-order valence-corrected chi connectivity index (χ1v) is 8.97. The first kappa shape index (κ1) is 12.9. The van der Waals surface area contributed by atoms with E-state index in [-0.39, 0.29) is 6.04 Å². The van der Waals surface area contributed by atoms with Crippen LogP contribution >= 0.6 is 11.1 Å². The van der Waals surface area contributed by atoms with Crippen LogP contribution in [0, 0.1) is 0 Å². The van der Waals surface area contributed by atoms with Gasteiger partial charge < -0.3 is 0 Å². The van der Waals surface area contributed by atoms with Crippen LogP contribution in [0.15, 0.2) is 4.99 Å². The lowest BCUT2D eigenvalue weighted by Gasteiger charge is -2.17. The summed E-state index contributed by atoms with van der Waals surface area (Å²) in [5.41, 5.74) is 0. The van der Waals surface area contributed by atoms with Gasteiger partial charge in [-0.3, -0.25) is 0 Å². The van der Waals surface area contributed by atoms with Crippen molar-refractivity contribution in [2.75, 3.05) is 0 Å².